The van der Waals surface area contributed by atoms with Crippen molar-refractivity contribution in [1.82, 2.24) is 25.0 Å². The van der Waals surface area contributed by atoms with Crippen LogP contribution in [0.4, 0.5) is 15.0 Å². The van der Waals surface area contributed by atoms with Crippen LogP contribution in [0, 0.1) is 36.4 Å². The molecule has 1 unspecified atom stereocenters. The molecule has 38 heavy (non-hydrogen) atoms. The standard InChI is InChI=1S/C28H28ClFN6O2/c1-3-31-28(38)35-15-20-11-23(12-21(20)16-35)36-25(24(29)14-33-36)27(37)34-26-17(2)9-19(13-32-26)8-7-18-5-4-6-22(30)10-18/h4-6,9-10,13-14,20-21,23H,3,11-12,15-16H2,1-2H3,(H,31,38)(H,32,34,37)/t20-,21+,23?. The summed E-state index contributed by atoms with van der Waals surface area (Å²) in [5, 5.41) is 10.4. The molecule has 196 valence electrons. The first-order valence-electron chi connectivity index (χ1n) is 12.6. The Morgan fingerprint density at radius 3 is 2.55 bits per heavy atom. The predicted octanol–water partition coefficient (Wildman–Crippen LogP) is 4.64. The Morgan fingerprint density at radius 2 is 1.87 bits per heavy atom. The highest BCUT2D eigenvalue weighted by atomic mass is 35.5. The number of carbonyl (C=O) groups excluding carboxylic acids is 2. The molecule has 2 N–H and O–H groups in total. The first-order valence-corrected chi connectivity index (χ1v) is 13.0. The number of nitrogens with one attached hydrogen (secondary N) is 2. The van der Waals surface area contributed by atoms with Crippen molar-refractivity contribution in [3.63, 3.8) is 0 Å². The summed E-state index contributed by atoms with van der Waals surface area (Å²) in [6, 6.07) is 7.90. The van der Waals surface area contributed by atoms with Crippen molar-refractivity contribution >= 4 is 29.4 Å². The van der Waals surface area contributed by atoms with Crippen LogP contribution in [0.2, 0.25) is 5.02 Å². The monoisotopic (exact) mass is 534 g/mol. The average molecular weight is 535 g/mol. The van der Waals surface area contributed by atoms with Gasteiger partial charge in [-0.25, -0.2) is 14.2 Å². The molecule has 0 bridgehead atoms. The fourth-order valence-electron chi connectivity index (χ4n) is 5.38. The number of rotatable bonds is 4. The summed E-state index contributed by atoms with van der Waals surface area (Å²) in [5.41, 5.74) is 2.24. The van der Waals surface area contributed by atoms with Crippen molar-refractivity contribution in [2.75, 3.05) is 25.0 Å². The number of pyridine rings is 1. The summed E-state index contributed by atoms with van der Waals surface area (Å²) in [6.07, 6.45) is 4.72. The molecule has 3 aromatic rings. The maximum Gasteiger partial charge on any atom is 0.317 e. The van der Waals surface area contributed by atoms with E-state index in [-0.39, 0.29) is 28.8 Å². The molecule has 3 amide bonds. The summed E-state index contributed by atoms with van der Waals surface area (Å²) >= 11 is 6.41. The molecule has 1 saturated carbocycles. The van der Waals surface area contributed by atoms with Crippen LogP contribution in [0.5, 0.6) is 0 Å². The highest BCUT2D eigenvalue weighted by molar-refractivity contribution is 6.34. The van der Waals surface area contributed by atoms with Gasteiger partial charge in [0.2, 0.25) is 0 Å². The van der Waals surface area contributed by atoms with Gasteiger partial charge in [0.05, 0.1) is 17.3 Å². The number of carbonyl (C=O) groups is 2. The zero-order valence-corrected chi connectivity index (χ0v) is 21.9. The lowest BCUT2D eigenvalue weighted by atomic mass is 10.0. The van der Waals surface area contributed by atoms with Crippen LogP contribution in [0.15, 0.2) is 42.7 Å². The van der Waals surface area contributed by atoms with E-state index in [1.807, 2.05) is 24.8 Å². The second kappa shape index (κ2) is 10.8. The highest BCUT2D eigenvalue weighted by Gasteiger charge is 2.44. The number of anilines is 1. The molecule has 1 aromatic carbocycles. The number of nitrogens with zero attached hydrogens (tertiary/aromatic N) is 4. The summed E-state index contributed by atoms with van der Waals surface area (Å²) in [5.74, 6) is 6.29. The predicted molar refractivity (Wildman–Crippen MR) is 142 cm³/mol. The molecule has 0 spiro atoms. The normalized spacial score (nSPS) is 20.0. The molecule has 3 atom stereocenters. The van der Waals surface area contributed by atoms with Crippen molar-refractivity contribution in [3.05, 3.63) is 75.9 Å². The van der Waals surface area contributed by atoms with Crippen LogP contribution < -0.4 is 10.6 Å². The maximum absolute atomic E-state index is 13.4. The molecule has 1 aliphatic heterocycles. The third-order valence-corrected chi connectivity index (χ3v) is 7.42. The second-order valence-corrected chi connectivity index (χ2v) is 10.2. The molecule has 2 fully saturated rings. The highest BCUT2D eigenvalue weighted by Crippen LogP contribution is 2.44. The number of amides is 3. The van der Waals surface area contributed by atoms with Gasteiger partial charge >= 0.3 is 6.03 Å². The number of benzene rings is 1. The van der Waals surface area contributed by atoms with Crippen molar-refractivity contribution < 1.29 is 14.0 Å². The van der Waals surface area contributed by atoms with Gasteiger partial charge in [-0.2, -0.15) is 5.10 Å². The van der Waals surface area contributed by atoms with Crippen LogP contribution in [-0.4, -0.2) is 51.2 Å². The van der Waals surface area contributed by atoms with Gasteiger partial charge < -0.3 is 15.5 Å². The number of halogens is 2. The van der Waals surface area contributed by atoms with E-state index in [1.54, 1.807) is 23.0 Å². The van der Waals surface area contributed by atoms with E-state index in [2.05, 4.69) is 32.6 Å². The number of hydrogen-bond acceptors (Lipinski definition) is 4. The Balaban J connectivity index is 1.27. The van der Waals surface area contributed by atoms with E-state index in [0.717, 1.165) is 18.4 Å². The molecule has 2 aliphatic rings. The Kier molecular flexibility index (Phi) is 7.34. The third kappa shape index (κ3) is 5.36. The molecule has 2 aromatic heterocycles. The third-order valence-electron chi connectivity index (χ3n) is 7.14. The first kappa shape index (κ1) is 25.7. The van der Waals surface area contributed by atoms with Crippen LogP contribution in [0.25, 0.3) is 0 Å². The number of urea groups is 1. The van der Waals surface area contributed by atoms with Crippen LogP contribution in [0.1, 0.15) is 53.0 Å². The number of likely N-dealkylation sites (tertiary alicyclic amines) is 1. The summed E-state index contributed by atoms with van der Waals surface area (Å²) in [4.78, 5) is 31.8. The van der Waals surface area contributed by atoms with Crippen LogP contribution >= 0.6 is 11.6 Å². The molecule has 0 radical (unpaired) electrons. The minimum absolute atomic E-state index is 0.0190. The largest absolute Gasteiger partial charge is 0.338 e. The average Bonchev–Trinajstić information content (AvgIpc) is 3.57. The van der Waals surface area contributed by atoms with Gasteiger partial charge in [0.1, 0.15) is 17.3 Å². The molecule has 5 rings (SSSR count). The fourth-order valence-corrected chi connectivity index (χ4v) is 5.59. The fraction of sp³-hybridized carbons (Fsp3) is 0.357. The molecule has 3 heterocycles. The van der Waals surface area contributed by atoms with E-state index < -0.39 is 0 Å². The van der Waals surface area contributed by atoms with Crippen molar-refractivity contribution in [3.8, 4) is 11.8 Å². The van der Waals surface area contributed by atoms with Gasteiger partial charge in [0, 0.05) is 37.0 Å². The minimum Gasteiger partial charge on any atom is -0.338 e. The zero-order valence-electron chi connectivity index (χ0n) is 21.2. The second-order valence-electron chi connectivity index (χ2n) is 9.78. The Morgan fingerprint density at radius 1 is 1.13 bits per heavy atom. The topological polar surface area (TPSA) is 92.2 Å². The molecule has 10 heteroatoms. The molecular weight excluding hydrogens is 507 g/mol. The number of aromatic nitrogens is 3. The van der Waals surface area contributed by atoms with Crippen molar-refractivity contribution in [2.24, 2.45) is 11.8 Å². The minimum atomic E-state index is -0.386. The van der Waals surface area contributed by atoms with Crippen LogP contribution in [-0.2, 0) is 0 Å². The van der Waals surface area contributed by atoms with E-state index in [0.29, 0.717) is 54.1 Å². The quantitative estimate of drug-likeness (QED) is 0.477. The van der Waals surface area contributed by atoms with E-state index >= 15 is 0 Å². The SMILES string of the molecule is CCNC(=O)N1C[C@H]2CC(n3ncc(Cl)c3C(=O)Nc3ncc(C#Cc4cccc(F)c4)cc3C)C[C@H]2C1. The Labute approximate surface area is 225 Å². The van der Waals surface area contributed by atoms with Crippen molar-refractivity contribution in [2.45, 2.75) is 32.7 Å². The number of aryl methyl sites for hydroxylation is 1. The summed E-state index contributed by atoms with van der Waals surface area (Å²) < 4.78 is 15.1. The van der Waals surface area contributed by atoms with E-state index in [9.17, 15) is 14.0 Å². The van der Waals surface area contributed by atoms with E-state index in [1.165, 1.54) is 18.3 Å². The van der Waals surface area contributed by atoms with Gasteiger partial charge in [-0.05, 0) is 68.4 Å². The van der Waals surface area contributed by atoms with Gasteiger partial charge in [0.15, 0.2) is 0 Å². The van der Waals surface area contributed by atoms with Crippen molar-refractivity contribution in [1.29, 1.82) is 0 Å². The summed E-state index contributed by atoms with van der Waals surface area (Å²) in [7, 11) is 0. The lowest BCUT2D eigenvalue weighted by Crippen LogP contribution is -2.39. The summed E-state index contributed by atoms with van der Waals surface area (Å²) in [6.45, 7) is 5.76. The maximum atomic E-state index is 13.4. The van der Waals surface area contributed by atoms with Gasteiger partial charge in [-0.3, -0.25) is 9.48 Å². The Bertz CT molecular complexity index is 1430. The first-order chi connectivity index (χ1) is 18.3. The molecule has 8 nitrogen and oxygen atoms in total. The zero-order chi connectivity index (χ0) is 26.8. The Hall–Kier alpha value is -3.90. The molecule has 1 saturated heterocycles. The number of hydrogen-bond donors (Lipinski definition) is 2. The smallest absolute Gasteiger partial charge is 0.317 e. The van der Waals surface area contributed by atoms with E-state index in [4.69, 9.17) is 11.6 Å². The van der Waals surface area contributed by atoms with Gasteiger partial charge in [-0.1, -0.05) is 29.5 Å². The van der Waals surface area contributed by atoms with Gasteiger partial charge in [0.25, 0.3) is 5.91 Å². The van der Waals surface area contributed by atoms with Crippen LogP contribution in [0.3, 0.4) is 0 Å². The molecular formula is C28H28ClFN6O2. The molecule has 1 aliphatic carbocycles. The number of fused-ring (bicyclic) bond motifs is 1. The van der Waals surface area contributed by atoms with Gasteiger partial charge in [-0.15, -0.1) is 0 Å². The lowest BCUT2D eigenvalue weighted by Gasteiger charge is -2.20. The lowest BCUT2D eigenvalue weighted by molar-refractivity contribution is 0.101.